The van der Waals surface area contributed by atoms with E-state index in [1.165, 1.54) is 6.42 Å². The van der Waals surface area contributed by atoms with Gasteiger partial charge in [-0.1, -0.05) is 13.0 Å². The van der Waals surface area contributed by atoms with Crippen molar-refractivity contribution in [1.29, 1.82) is 0 Å². The topological polar surface area (TPSA) is 71.0 Å². The molecule has 3 heterocycles. The Balaban J connectivity index is 1.62. The number of hydrogen-bond acceptors (Lipinski definition) is 5. The number of likely N-dealkylation sites (tertiary alicyclic amines) is 1. The van der Waals surface area contributed by atoms with E-state index in [1.54, 1.807) is 18.6 Å². The molecular formula is C18H23N5O. The maximum absolute atomic E-state index is 12.7. The molecule has 1 amide bonds. The number of rotatable bonds is 5. The van der Waals surface area contributed by atoms with E-state index in [0.717, 1.165) is 31.5 Å². The molecule has 6 heteroatoms. The van der Waals surface area contributed by atoms with Gasteiger partial charge in [0, 0.05) is 18.8 Å². The molecule has 0 aromatic carbocycles. The summed E-state index contributed by atoms with van der Waals surface area (Å²) >= 11 is 0. The molecule has 2 aromatic heterocycles. The molecule has 1 fully saturated rings. The highest BCUT2D eigenvalue weighted by atomic mass is 16.2. The van der Waals surface area contributed by atoms with Crippen LogP contribution in [-0.2, 0) is 6.54 Å². The molecule has 1 saturated heterocycles. The molecule has 6 nitrogen and oxygen atoms in total. The zero-order chi connectivity index (χ0) is 16.8. The molecule has 2 aromatic rings. The number of carbonyl (C=O) groups is 1. The number of aromatic nitrogens is 3. The quantitative estimate of drug-likeness (QED) is 0.915. The number of carbonyl (C=O) groups excluding carboxylic acids is 1. The molecule has 0 saturated carbocycles. The van der Waals surface area contributed by atoms with Crippen LogP contribution in [0, 0.1) is 0 Å². The van der Waals surface area contributed by atoms with Gasteiger partial charge in [0.05, 0.1) is 24.6 Å². The molecule has 24 heavy (non-hydrogen) atoms. The van der Waals surface area contributed by atoms with Gasteiger partial charge in [-0.3, -0.25) is 9.78 Å². The number of piperidine rings is 1. The third-order valence-electron chi connectivity index (χ3n) is 4.41. The Labute approximate surface area is 142 Å². The van der Waals surface area contributed by atoms with Crippen LogP contribution in [0.2, 0.25) is 0 Å². The van der Waals surface area contributed by atoms with Gasteiger partial charge in [-0.05, 0) is 37.8 Å². The lowest BCUT2D eigenvalue weighted by atomic mass is 10.00. The Hall–Kier alpha value is -2.50. The summed E-state index contributed by atoms with van der Waals surface area (Å²) in [6, 6.07) is 6.10. The van der Waals surface area contributed by atoms with Crippen molar-refractivity contribution in [2.75, 3.05) is 11.9 Å². The Morgan fingerprint density at radius 2 is 2.17 bits per heavy atom. The van der Waals surface area contributed by atoms with Crippen LogP contribution < -0.4 is 5.32 Å². The van der Waals surface area contributed by atoms with Gasteiger partial charge in [0.15, 0.2) is 0 Å². The van der Waals surface area contributed by atoms with Gasteiger partial charge >= 0.3 is 0 Å². The van der Waals surface area contributed by atoms with E-state index in [9.17, 15) is 4.79 Å². The summed E-state index contributed by atoms with van der Waals surface area (Å²) in [5, 5.41) is 3.17. The lowest BCUT2D eigenvalue weighted by molar-refractivity contribution is 0.0601. The zero-order valence-electron chi connectivity index (χ0n) is 14.0. The van der Waals surface area contributed by atoms with E-state index >= 15 is 0 Å². The molecule has 0 spiro atoms. The standard InChI is InChI=1S/C18H23N5O/c1-2-15-8-4-6-10-23(15)18(24)16-12-22-17(13-20-16)21-11-14-7-3-5-9-19-14/h3,5,7,9,12-13,15H,2,4,6,8,10-11H2,1H3,(H,21,22). The summed E-state index contributed by atoms with van der Waals surface area (Å²) in [4.78, 5) is 27.5. The van der Waals surface area contributed by atoms with Crippen molar-refractivity contribution >= 4 is 11.7 Å². The van der Waals surface area contributed by atoms with E-state index in [0.29, 0.717) is 24.1 Å². The van der Waals surface area contributed by atoms with Crippen molar-refractivity contribution in [3.05, 3.63) is 48.2 Å². The lowest BCUT2D eigenvalue weighted by Crippen LogP contribution is -2.43. The van der Waals surface area contributed by atoms with Crippen LogP contribution in [0.5, 0.6) is 0 Å². The Morgan fingerprint density at radius 3 is 2.88 bits per heavy atom. The molecule has 0 radical (unpaired) electrons. The van der Waals surface area contributed by atoms with Crippen LogP contribution in [0.1, 0.15) is 48.8 Å². The fraction of sp³-hybridized carbons (Fsp3) is 0.444. The van der Waals surface area contributed by atoms with Crippen molar-refractivity contribution in [2.24, 2.45) is 0 Å². The van der Waals surface area contributed by atoms with Gasteiger partial charge in [-0.2, -0.15) is 0 Å². The lowest BCUT2D eigenvalue weighted by Gasteiger charge is -2.34. The molecule has 1 atom stereocenters. The highest BCUT2D eigenvalue weighted by Crippen LogP contribution is 2.21. The highest BCUT2D eigenvalue weighted by Gasteiger charge is 2.27. The number of pyridine rings is 1. The van der Waals surface area contributed by atoms with Crippen molar-refractivity contribution in [3.63, 3.8) is 0 Å². The van der Waals surface area contributed by atoms with Crippen LogP contribution in [0.3, 0.4) is 0 Å². The second kappa shape index (κ2) is 7.86. The van der Waals surface area contributed by atoms with Gasteiger partial charge in [0.25, 0.3) is 5.91 Å². The minimum atomic E-state index is -0.00896. The first kappa shape index (κ1) is 16.4. The first-order valence-corrected chi connectivity index (χ1v) is 8.54. The van der Waals surface area contributed by atoms with Crippen LogP contribution in [0.25, 0.3) is 0 Å². The molecule has 0 aliphatic carbocycles. The van der Waals surface area contributed by atoms with E-state index < -0.39 is 0 Å². The van der Waals surface area contributed by atoms with E-state index in [-0.39, 0.29) is 5.91 Å². The third kappa shape index (κ3) is 3.88. The Kier molecular flexibility index (Phi) is 5.36. The molecule has 1 aliphatic rings. The van der Waals surface area contributed by atoms with E-state index in [2.05, 4.69) is 27.2 Å². The Morgan fingerprint density at radius 1 is 1.25 bits per heavy atom. The average Bonchev–Trinajstić information content (AvgIpc) is 2.67. The van der Waals surface area contributed by atoms with Gasteiger partial charge in [-0.15, -0.1) is 0 Å². The predicted octanol–water partition coefficient (Wildman–Crippen LogP) is 2.89. The van der Waals surface area contributed by atoms with E-state index in [4.69, 9.17) is 0 Å². The molecule has 3 rings (SSSR count). The largest absolute Gasteiger partial charge is 0.363 e. The maximum Gasteiger partial charge on any atom is 0.274 e. The summed E-state index contributed by atoms with van der Waals surface area (Å²) in [5.41, 5.74) is 1.34. The number of hydrogen-bond donors (Lipinski definition) is 1. The van der Waals surface area contributed by atoms with Crippen molar-refractivity contribution in [1.82, 2.24) is 19.9 Å². The van der Waals surface area contributed by atoms with Gasteiger partial charge in [0.2, 0.25) is 0 Å². The van der Waals surface area contributed by atoms with Gasteiger partial charge in [-0.25, -0.2) is 9.97 Å². The highest BCUT2D eigenvalue weighted by molar-refractivity contribution is 5.92. The summed E-state index contributed by atoms with van der Waals surface area (Å²) in [6.07, 6.45) is 9.27. The van der Waals surface area contributed by atoms with Crippen molar-refractivity contribution in [3.8, 4) is 0 Å². The fourth-order valence-electron chi connectivity index (χ4n) is 3.05. The second-order valence-corrected chi connectivity index (χ2v) is 6.02. The normalized spacial score (nSPS) is 17.5. The zero-order valence-corrected chi connectivity index (χ0v) is 14.0. The maximum atomic E-state index is 12.7. The minimum Gasteiger partial charge on any atom is -0.363 e. The number of nitrogens with zero attached hydrogens (tertiary/aromatic N) is 4. The monoisotopic (exact) mass is 325 g/mol. The molecule has 126 valence electrons. The molecule has 1 N–H and O–H groups in total. The molecular weight excluding hydrogens is 302 g/mol. The Bertz CT molecular complexity index is 659. The SMILES string of the molecule is CCC1CCCCN1C(=O)c1cnc(NCc2ccccn2)cn1. The van der Waals surface area contributed by atoms with Crippen LogP contribution in [0.4, 0.5) is 5.82 Å². The van der Waals surface area contributed by atoms with Crippen LogP contribution in [0.15, 0.2) is 36.8 Å². The van der Waals surface area contributed by atoms with Crippen molar-refractivity contribution in [2.45, 2.75) is 45.2 Å². The van der Waals surface area contributed by atoms with Crippen LogP contribution >= 0.6 is 0 Å². The van der Waals surface area contributed by atoms with Gasteiger partial charge in [0.1, 0.15) is 11.5 Å². The number of anilines is 1. The number of nitrogens with one attached hydrogen (secondary N) is 1. The summed E-state index contributed by atoms with van der Waals surface area (Å²) < 4.78 is 0. The molecule has 0 bridgehead atoms. The number of amides is 1. The average molecular weight is 325 g/mol. The summed E-state index contributed by atoms with van der Waals surface area (Å²) in [6.45, 7) is 3.53. The van der Waals surface area contributed by atoms with Crippen molar-refractivity contribution < 1.29 is 4.79 Å². The smallest absolute Gasteiger partial charge is 0.274 e. The first-order chi connectivity index (χ1) is 11.8. The van der Waals surface area contributed by atoms with Crippen LogP contribution in [-0.4, -0.2) is 38.3 Å². The van der Waals surface area contributed by atoms with E-state index in [1.807, 2.05) is 23.1 Å². The molecule has 1 unspecified atom stereocenters. The summed E-state index contributed by atoms with van der Waals surface area (Å²) in [7, 11) is 0. The fourth-order valence-corrected chi connectivity index (χ4v) is 3.05. The second-order valence-electron chi connectivity index (χ2n) is 6.02. The van der Waals surface area contributed by atoms with Gasteiger partial charge < -0.3 is 10.2 Å². The third-order valence-corrected chi connectivity index (χ3v) is 4.41. The minimum absolute atomic E-state index is 0.00896. The predicted molar refractivity (Wildman–Crippen MR) is 92.6 cm³/mol. The first-order valence-electron chi connectivity index (χ1n) is 8.54. The molecule has 1 aliphatic heterocycles. The summed E-state index contributed by atoms with van der Waals surface area (Å²) in [5.74, 6) is 0.633.